The Labute approximate surface area is 266 Å². The smallest absolute Gasteiger partial charge is 0.262 e. The SMILES string of the molecule is Cc1c(/C=N\NC(=O)[C@H](Cc2ccccc2)NC(=O)[C@@H](C)Oc2ccc(Cl)cc2Cl)c2ccccc2n1Cc1ccccc1. The maximum absolute atomic E-state index is 13.4. The first-order valence-corrected chi connectivity index (χ1v) is 15.0. The number of carbonyl (C=O) groups excluding carboxylic acids is 2. The molecule has 5 aromatic rings. The Bertz CT molecular complexity index is 1790. The van der Waals surface area contributed by atoms with Crippen LogP contribution in [0.3, 0.4) is 0 Å². The minimum atomic E-state index is -0.929. The standard InChI is InChI=1S/C35H32Cl2N4O3/c1-23-29(28-15-9-10-16-32(28)41(23)22-26-13-7-4-8-14-26)21-38-40-35(43)31(19-25-11-5-3-6-12-25)39-34(42)24(2)44-33-18-17-27(36)20-30(33)37/h3-18,20-21,24,31H,19,22H2,1-2H3,(H,39,42)(H,40,43)/b38-21-/t24-,31+/m1/s1. The van der Waals surface area contributed by atoms with Gasteiger partial charge in [0.2, 0.25) is 0 Å². The van der Waals surface area contributed by atoms with Crippen molar-refractivity contribution in [2.24, 2.45) is 5.10 Å². The second-order valence-electron chi connectivity index (χ2n) is 10.4. The van der Waals surface area contributed by atoms with Gasteiger partial charge in [-0.15, -0.1) is 0 Å². The number of hydrazone groups is 1. The van der Waals surface area contributed by atoms with Gasteiger partial charge in [-0.1, -0.05) is 102 Å². The van der Waals surface area contributed by atoms with E-state index in [9.17, 15) is 9.59 Å². The Hall–Kier alpha value is -4.59. The van der Waals surface area contributed by atoms with Crippen molar-refractivity contribution in [3.05, 3.63) is 136 Å². The van der Waals surface area contributed by atoms with E-state index in [0.29, 0.717) is 17.3 Å². The van der Waals surface area contributed by atoms with Gasteiger partial charge in [0.1, 0.15) is 11.8 Å². The molecule has 2 amide bonds. The fourth-order valence-electron chi connectivity index (χ4n) is 4.99. The molecule has 4 aromatic carbocycles. The first kappa shape index (κ1) is 30.9. The molecule has 9 heteroatoms. The molecule has 0 bridgehead atoms. The lowest BCUT2D eigenvalue weighted by molar-refractivity contribution is -0.132. The van der Waals surface area contributed by atoms with E-state index in [4.69, 9.17) is 27.9 Å². The Kier molecular flexibility index (Phi) is 10.00. The number of halogens is 2. The first-order chi connectivity index (χ1) is 21.3. The highest BCUT2D eigenvalue weighted by Gasteiger charge is 2.25. The van der Waals surface area contributed by atoms with E-state index < -0.39 is 24.0 Å². The Morgan fingerprint density at radius 2 is 1.55 bits per heavy atom. The van der Waals surface area contributed by atoms with Gasteiger partial charge in [-0.25, -0.2) is 5.43 Å². The van der Waals surface area contributed by atoms with Crippen LogP contribution in [-0.2, 0) is 22.6 Å². The number of hydrogen-bond donors (Lipinski definition) is 2. The lowest BCUT2D eigenvalue weighted by Crippen LogP contribution is -2.50. The van der Waals surface area contributed by atoms with E-state index in [1.54, 1.807) is 25.3 Å². The van der Waals surface area contributed by atoms with E-state index in [0.717, 1.165) is 27.7 Å². The Morgan fingerprint density at radius 3 is 2.25 bits per heavy atom. The van der Waals surface area contributed by atoms with Crippen LogP contribution >= 0.6 is 23.2 Å². The van der Waals surface area contributed by atoms with Gasteiger partial charge in [-0.3, -0.25) is 9.59 Å². The van der Waals surface area contributed by atoms with E-state index in [1.807, 2.05) is 73.7 Å². The maximum Gasteiger partial charge on any atom is 0.262 e. The molecule has 0 aliphatic rings. The van der Waals surface area contributed by atoms with Gasteiger partial charge in [0, 0.05) is 40.1 Å². The summed E-state index contributed by atoms with van der Waals surface area (Å²) in [5, 5.41) is 8.90. The third-order valence-corrected chi connectivity index (χ3v) is 7.84. The number of para-hydroxylation sites is 1. The van der Waals surface area contributed by atoms with Crippen LogP contribution in [0.25, 0.3) is 10.9 Å². The number of ether oxygens (including phenoxy) is 1. The van der Waals surface area contributed by atoms with Crippen LogP contribution in [0.2, 0.25) is 10.0 Å². The summed E-state index contributed by atoms with van der Waals surface area (Å²) in [6, 6.07) is 31.6. The summed E-state index contributed by atoms with van der Waals surface area (Å²) in [6.07, 6.45) is 0.992. The number of rotatable bonds is 11. The number of aromatic nitrogens is 1. The normalized spacial score (nSPS) is 12.6. The summed E-state index contributed by atoms with van der Waals surface area (Å²) in [5.41, 5.74) is 7.71. The molecule has 2 atom stereocenters. The summed E-state index contributed by atoms with van der Waals surface area (Å²) < 4.78 is 8.00. The minimum Gasteiger partial charge on any atom is -0.479 e. The van der Waals surface area contributed by atoms with Crippen LogP contribution in [0.15, 0.2) is 108 Å². The number of carbonyl (C=O) groups is 2. The molecule has 0 spiro atoms. The molecule has 0 aliphatic heterocycles. The molecule has 0 unspecified atom stereocenters. The predicted molar refractivity (Wildman–Crippen MR) is 177 cm³/mol. The van der Waals surface area contributed by atoms with E-state index in [-0.39, 0.29) is 11.4 Å². The minimum absolute atomic E-state index is 0.262. The molecule has 1 heterocycles. The number of nitrogens with one attached hydrogen (secondary N) is 2. The summed E-state index contributed by atoms with van der Waals surface area (Å²) >= 11 is 12.2. The average molecular weight is 628 g/mol. The van der Waals surface area contributed by atoms with Crippen molar-refractivity contribution in [1.82, 2.24) is 15.3 Å². The number of benzene rings is 4. The highest BCUT2D eigenvalue weighted by Crippen LogP contribution is 2.28. The molecule has 0 saturated heterocycles. The van der Waals surface area contributed by atoms with Gasteiger partial charge < -0.3 is 14.6 Å². The van der Waals surface area contributed by atoms with Crippen LogP contribution in [0.4, 0.5) is 0 Å². The second kappa shape index (κ2) is 14.3. The third-order valence-electron chi connectivity index (χ3n) is 7.31. The summed E-state index contributed by atoms with van der Waals surface area (Å²) in [5.74, 6) is -0.620. The fraction of sp³-hybridized carbons (Fsp3) is 0.171. The molecule has 0 fully saturated rings. The summed E-state index contributed by atoms with van der Waals surface area (Å²) in [4.78, 5) is 26.6. The average Bonchev–Trinajstić information content (AvgIpc) is 3.29. The van der Waals surface area contributed by atoms with Gasteiger partial charge >= 0.3 is 0 Å². The van der Waals surface area contributed by atoms with Gasteiger partial charge in [-0.2, -0.15) is 5.10 Å². The maximum atomic E-state index is 13.4. The van der Waals surface area contributed by atoms with Crippen LogP contribution in [-0.4, -0.2) is 34.7 Å². The molecule has 7 nitrogen and oxygen atoms in total. The number of nitrogens with zero attached hydrogens (tertiary/aromatic N) is 2. The van der Waals surface area contributed by atoms with Gasteiger partial charge in [0.25, 0.3) is 11.8 Å². The van der Waals surface area contributed by atoms with Crippen LogP contribution in [0, 0.1) is 6.92 Å². The van der Waals surface area contributed by atoms with Gasteiger partial charge in [0.15, 0.2) is 6.10 Å². The summed E-state index contributed by atoms with van der Waals surface area (Å²) in [7, 11) is 0. The monoisotopic (exact) mass is 626 g/mol. The molecule has 2 N–H and O–H groups in total. The zero-order chi connectivity index (χ0) is 31.1. The third kappa shape index (κ3) is 7.48. The predicted octanol–water partition coefficient (Wildman–Crippen LogP) is 6.95. The topological polar surface area (TPSA) is 84.7 Å². The van der Waals surface area contributed by atoms with Crippen LogP contribution in [0.1, 0.15) is 29.3 Å². The lowest BCUT2D eigenvalue weighted by Gasteiger charge is -2.21. The van der Waals surface area contributed by atoms with Crippen molar-refractivity contribution < 1.29 is 14.3 Å². The molecule has 0 radical (unpaired) electrons. The molecular formula is C35H32Cl2N4O3. The molecule has 0 saturated carbocycles. The zero-order valence-corrected chi connectivity index (χ0v) is 25.8. The second-order valence-corrected chi connectivity index (χ2v) is 11.3. The number of fused-ring (bicyclic) bond motifs is 1. The van der Waals surface area contributed by atoms with Gasteiger partial charge in [-0.05, 0) is 49.2 Å². The first-order valence-electron chi connectivity index (χ1n) is 14.2. The van der Waals surface area contributed by atoms with E-state index in [2.05, 4.69) is 38.6 Å². The molecule has 5 rings (SSSR count). The van der Waals surface area contributed by atoms with Crippen molar-refractivity contribution in [3.63, 3.8) is 0 Å². The Morgan fingerprint density at radius 1 is 0.886 bits per heavy atom. The van der Waals surface area contributed by atoms with Crippen molar-refractivity contribution in [1.29, 1.82) is 0 Å². The molecule has 0 aliphatic carbocycles. The van der Waals surface area contributed by atoms with Crippen molar-refractivity contribution in [2.75, 3.05) is 0 Å². The summed E-state index contributed by atoms with van der Waals surface area (Å²) in [6.45, 7) is 4.34. The molecule has 1 aromatic heterocycles. The molecule has 44 heavy (non-hydrogen) atoms. The fourth-order valence-corrected chi connectivity index (χ4v) is 5.44. The molecule has 224 valence electrons. The van der Waals surface area contributed by atoms with Crippen LogP contribution < -0.4 is 15.5 Å². The van der Waals surface area contributed by atoms with Crippen LogP contribution in [0.5, 0.6) is 5.75 Å². The largest absolute Gasteiger partial charge is 0.479 e. The van der Waals surface area contributed by atoms with E-state index in [1.165, 1.54) is 11.6 Å². The van der Waals surface area contributed by atoms with E-state index >= 15 is 0 Å². The van der Waals surface area contributed by atoms with Crippen molar-refractivity contribution in [3.8, 4) is 5.75 Å². The van der Waals surface area contributed by atoms with Gasteiger partial charge in [0.05, 0.1) is 11.2 Å². The number of amides is 2. The lowest BCUT2D eigenvalue weighted by atomic mass is 10.1. The molecular weight excluding hydrogens is 595 g/mol. The Balaban J connectivity index is 1.33. The van der Waals surface area contributed by atoms with Crippen molar-refractivity contribution >= 4 is 52.1 Å². The highest BCUT2D eigenvalue weighted by atomic mass is 35.5. The number of hydrogen-bond acceptors (Lipinski definition) is 4. The highest BCUT2D eigenvalue weighted by molar-refractivity contribution is 6.35. The zero-order valence-electron chi connectivity index (χ0n) is 24.3. The van der Waals surface area contributed by atoms with Crippen molar-refractivity contribution in [2.45, 2.75) is 39.0 Å². The quantitative estimate of drug-likeness (QED) is 0.123.